The highest BCUT2D eigenvalue weighted by Gasteiger charge is 2.33. The molecule has 2 aromatic carbocycles. The van der Waals surface area contributed by atoms with Crippen LogP contribution in [0.15, 0.2) is 63.5 Å². The second kappa shape index (κ2) is 10.8. The lowest BCUT2D eigenvalue weighted by Crippen LogP contribution is -2.39. The van der Waals surface area contributed by atoms with Crippen molar-refractivity contribution in [1.82, 2.24) is 4.57 Å². The van der Waals surface area contributed by atoms with Crippen molar-refractivity contribution < 1.29 is 24.1 Å². The van der Waals surface area contributed by atoms with E-state index in [0.29, 0.717) is 50.9 Å². The Bertz CT molecular complexity index is 1480. The van der Waals surface area contributed by atoms with Gasteiger partial charge in [0.25, 0.3) is 5.56 Å². The fourth-order valence-electron chi connectivity index (χ4n) is 4.02. The summed E-state index contributed by atoms with van der Waals surface area (Å²) in [5, 5.41) is 10.0. The molecule has 4 rings (SSSR count). The van der Waals surface area contributed by atoms with Gasteiger partial charge in [0.05, 0.1) is 42.2 Å². The molecule has 0 aliphatic carbocycles. The van der Waals surface area contributed by atoms with Gasteiger partial charge in [-0.05, 0) is 61.7 Å². The molecule has 0 spiro atoms. The van der Waals surface area contributed by atoms with Gasteiger partial charge < -0.3 is 19.3 Å². The summed E-state index contributed by atoms with van der Waals surface area (Å²) >= 11 is 1.23. The average molecular weight is 509 g/mol. The van der Waals surface area contributed by atoms with Gasteiger partial charge in [-0.3, -0.25) is 9.36 Å². The van der Waals surface area contributed by atoms with Crippen LogP contribution in [0.1, 0.15) is 44.4 Å². The summed E-state index contributed by atoms with van der Waals surface area (Å²) in [6, 6.07) is 11.6. The number of phenolic OH excluding ortho intramolecular Hbond substituents is 1. The van der Waals surface area contributed by atoms with Crippen molar-refractivity contribution in [2.75, 3.05) is 20.3 Å². The van der Waals surface area contributed by atoms with Crippen molar-refractivity contribution in [3.05, 3.63) is 84.5 Å². The van der Waals surface area contributed by atoms with E-state index in [1.54, 1.807) is 25.1 Å². The van der Waals surface area contributed by atoms with E-state index in [1.807, 2.05) is 38.1 Å². The van der Waals surface area contributed by atoms with Gasteiger partial charge >= 0.3 is 5.97 Å². The summed E-state index contributed by atoms with van der Waals surface area (Å²) < 4.78 is 18.2. The van der Waals surface area contributed by atoms with Crippen LogP contribution >= 0.6 is 11.3 Å². The fraction of sp³-hybridized carbons (Fsp3) is 0.296. The Balaban J connectivity index is 1.86. The van der Waals surface area contributed by atoms with Crippen LogP contribution in [0.5, 0.6) is 17.2 Å². The van der Waals surface area contributed by atoms with Gasteiger partial charge in [-0.25, -0.2) is 9.79 Å². The van der Waals surface area contributed by atoms with Gasteiger partial charge in [-0.1, -0.05) is 36.5 Å². The number of hydrogen-bond donors (Lipinski definition) is 1. The smallest absolute Gasteiger partial charge is 0.338 e. The number of carbonyl (C=O) groups excluding carboxylic acids is 1. The average Bonchev–Trinajstić information content (AvgIpc) is 3.18. The molecule has 0 radical (unpaired) electrons. The van der Waals surface area contributed by atoms with Crippen molar-refractivity contribution >= 4 is 23.4 Å². The fourth-order valence-corrected chi connectivity index (χ4v) is 5.06. The minimum absolute atomic E-state index is 0.0279. The van der Waals surface area contributed by atoms with E-state index in [1.165, 1.54) is 29.1 Å². The zero-order valence-electron chi connectivity index (χ0n) is 20.6. The molecule has 0 amide bonds. The molecule has 0 saturated carbocycles. The van der Waals surface area contributed by atoms with Gasteiger partial charge in [0, 0.05) is 0 Å². The Morgan fingerprint density at radius 3 is 2.58 bits per heavy atom. The Morgan fingerprint density at radius 2 is 1.92 bits per heavy atom. The number of nitrogens with zero attached hydrogens (tertiary/aromatic N) is 2. The zero-order chi connectivity index (χ0) is 25.8. The van der Waals surface area contributed by atoms with Crippen molar-refractivity contribution in [2.24, 2.45) is 4.99 Å². The molecule has 1 atom stereocenters. The first kappa shape index (κ1) is 25.2. The Kier molecular flexibility index (Phi) is 7.59. The lowest BCUT2D eigenvalue weighted by Gasteiger charge is -2.24. The lowest BCUT2D eigenvalue weighted by atomic mass is 9.96. The van der Waals surface area contributed by atoms with Crippen LogP contribution < -0.4 is 24.4 Å². The second-order valence-corrected chi connectivity index (χ2v) is 9.16. The number of benzene rings is 2. The third-order valence-electron chi connectivity index (χ3n) is 5.68. The van der Waals surface area contributed by atoms with Gasteiger partial charge in [0.15, 0.2) is 16.3 Å². The molecular formula is C27H28N2O6S. The molecular weight excluding hydrogens is 480 g/mol. The largest absolute Gasteiger partial charge is 0.504 e. The van der Waals surface area contributed by atoms with Gasteiger partial charge in [-0.2, -0.15) is 0 Å². The summed E-state index contributed by atoms with van der Waals surface area (Å²) in [5.74, 6) is 0.541. The number of thiazole rings is 1. The summed E-state index contributed by atoms with van der Waals surface area (Å²) in [5.41, 5.74) is 1.95. The molecule has 8 nitrogen and oxygen atoms in total. The van der Waals surface area contributed by atoms with E-state index in [0.717, 1.165) is 12.0 Å². The van der Waals surface area contributed by atoms with Crippen molar-refractivity contribution in [2.45, 2.75) is 33.2 Å². The molecule has 0 saturated heterocycles. The Morgan fingerprint density at radius 1 is 1.17 bits per heavy atom. The molecule has 1 unspecified atom stereocenters. The summed E-state index contributed by atoms with van der Waals surface area (Å²) in [4.78, 5) is 31.5. The predicted octanol–water partition coefficient (Wildman–Crippen LogP) is 3.30. The highest BCUT2D eigenvalue weighted by molar-refractivity contribution is 7.07. The molecule has 1 aliphatic heterocycles. The molecule has 1 N–H and O–H groups in total. The number of fused-ring (bicyclic) bond motifs is 1. The number of carbonyl (C=O) groups is 1. The highest BCUT2D eigenvalue weighted by atomic mass is 32.1. The maximum atomic E-state index is 13.7. The Hall–Kier alpha value is -3.85. The number of allylic oxidation sites excluding steroid dienone is 1. The third kappa shape index (κ3) is 4.92. The molecule has 9 heteroatoms. The van der Waals surface area contributed by atoms with Crippen LogP contribution in [-0.2, 0) is 9.53 Å². The van der Waals surface area contributed by atoms with E-state index >= 15 is 0 Å². The summed E-state index contributed by atoms with van der Waals surface area (Å²) in [6.45, 7) is 6.60. The maximum absolute atomic E-state index is 13.7. The Labute approximate surface area is 212 Å². The number of methoxy groups -OCH3 is 1. The van der Waals surface area contributed by atoms with Gasteiger partial charge in [0.2, 0.25) is 0 Å². The molecule has 2 heterocycles. The number of phenols is 1. The van der Waals surface area contributed by atoms with Crippen molar-refractivity contribution in [3.8, 4) is 17.2 Å². The first-order chi connectivity index (χ1) is 17.4. The number of esters is 1. The van der Waals surface area contributed by atoms with E-state index in [4.69, 9.17) is 14.2 Å². The molecule has 188 valence electrons. The number of aromatic nitrogens is 1. The molecule has 36 heavy (non-hydrogen) atoms. The zero-order valence-corrected chi connectivity index (χ0v) is 21.4. The highest BCUT2D eigenvalue weighted by Crippen LogP contribution is 2.32. The summed E-state index contributed by atoms with van der Waals surface area (Å²) in [7, 11) is 1.31. The van der Waals surface area contributed by atoms with Crippen LogP contribution in [0.2, 0.25) is 0 Å². The van der Waals surface area contributed by atoms with E-state index in [-0.39, 0.29) is 11.3 Å². The van der Waals surface area contributed by atoms with Crippen LogP contribution in [0.3, 0.4) is 0 Å². The number of ether oxygens (including phenoxy) is 3. The number of aromatic hydroxyl groups is 1. The molecule has 1 aliphatic rings. The number of rotatable bonds is 8. The van der Waals surface area contributed by atoms with E-state index in [9.17, 15) is 14.7 Å². The lowest BCUT2D eigenvalue weighted by molar-refractivity contribution is -0.136. The molecule has 1 aromatic heterocycles. The van der Waals surface area contributed by atoms with Crippen molar-refractivity contribution in [1.29, 1.82) is 0 Å². The second-order valence-electron chi connectivity index (χ2n) is 8.15. The summed E-state index contributed by atoms with van der Waals surface area (Å²) in [6.07, 6.45) is 2.61. The van der Waals surface area contributed by atoms with E-state index in [2.05, 4.69) is 4.99 Å². The topological polar surface area (TPSA) is 99.4 Å². The normalized spacial score (nSPS) is 15.3. The minimum Gasteiger partial charge on any atom is -0.504 e. The standard InChI is InChI=1S/C27H28N2O6S/c1-5-13-35-19-10-8-18(9-11-19)24-23(26(32)33-4)16(3)28-27-29(24)25(31)22(36-27)15-17-7-12-20(30)21(14-17)34-6-2/h7-12,14-15,24,30H,5-6,13H2,1-4H3. The number of hydrogen-bond acceptors (Lipinski definition) is 8. The quantitative estimate of drug-likeness (QED) is 0.469. The van der Waals surface area contributed by atoms with Crippen LogP contribution in [-0.4, -0.2) is 36.0 Å². The third-order valence-corrected chi connectivity index (χ3v) is 6.66. The maximum Gasteiger partial charge on any atom is 0.338 e. The minimum atomic E-state index is -0.699. The van der Waals surface area contributed by atoms with E-state index < -0.39 is 12.0 Å². The van der Waals surface area contributed by atoms with Crippen molar-refractivity contribution in [3.63, 3.8) is 0 Å². The molecule has 0 bridgehead atoms. The predicted molar refractivity (Wildman–Crippen MR) is 137 cm³/mol. The SMILES string of the molecule is CCCOc1ccc(C2C(C(=O)OC)=C(C)N=c3sc(=Cc4ccc(O)c(OCC)c4)c(=O)n32)cc1. The molecule has 0 fully saturated rings. The first-order valence-electron chi connectivity index (χ1n) is 11.7. The van der Waals surface area contributed by atoms with Crippen LogP contribution in [0, 0.1) is 0 Å². The van der Waals surface area contributed by atoms with Gasteiger partial charge in [-0.15, -0.1) is 0 Å². The van der Waals surface area contributed by atoms with Crippen LogP contribution in [0.25, 0.3) is 6.08 Å². The monoisotopic (exact) mass is 508 g/mol. The molecule has 3 aromatic rings. The first-order valence-corrected chi connectivity index (χ1v) is 12.5. The van der Waals surface area contributed by atoms with Crippen LogP contribution in [0.4, 0.5) is 0 Å². The van der Waals surface area contributed by atoms with Gasteiger partial charge in [0.1, 0.15) is 5.75 Å².